The van der Waals surface area contributed by atoms with Gasteiger partial charge >= 0.3 is 5.97 Å². The molecule has 1 N–H and O–H groups in total. The van der Waals surface area contributed by atoms with E-state index in [-0.39, 0.29) is 44.0 Å². The monoisotopic (exact) mass is 575 g/mol. The van der Waals surface area contributed by atoms with Crippen molar-refractivity contribution >= 4 is 21.7 Å². The van der Waals surface area contributed by atoms with Crippen LogP contribution in [-0.4, -0.2) is 41.3 Å². The number of nitro groups is 1. The Morgan fingerprint density at radius 2 is 1.57 bits per heavy atom. The van der Waals surface area contributed by atoms with Gasteiger partial charge in [0.1, 0.15) is 6.04 Å². The molecular weight excluding hydrogens is 558 g/mol. The number of carboxylic acids is 1. The molecule has 147 valence electrons. The van der Waals surface area contributed by atoms with Crippen LogP contribution in [0.3, 0.4) is 0 Å². The van der Waals surface area contributed by atoms with E-state index in [0.717, 1.165) is 4.31 Å². The minimum atomic E-state index is -3.96. The normalized spacial score (nSPS) is 16.9. The first-order chi connectivity index (χ1) is 12.8. The summed E-state index contributed by atoms with van der Waals surface area (Å²) in [5.74, 6) is -1.19. The molecule has 0 saturated heterocycles. The standard InChI is InChI=1S/C18H16N2O6S.Re/c21-18(22)17-3-1-2-12-19(17)27(25,26)16-10-6-14(7-11-16)13-4-8-15(9-5-13)20(23)24;/h1-2,4-11,17H,3,12H2,(H,21,22);. The van der Waals surface area contributed by atoms with Crippen LogP contribution >= 0.6 is 0 Å². The van der Waals surface area contributed by atoms with Crippen LogP contribution in [0.2, 0.25) is 0 Å². The van der Waals surface area contributed by atoms with E-state index in [1.807, 2.05) is 0 Å². The van der Waals surface area contributed by atoms with E-state index >= 15 is 0 Å². The Balaban J connectivity index is 0.00000280. The topological polar surface area (TPSA) is 118 Å². The van der Waals surface area contributed by atoms with Crippen LogP contribution < -0.4 is 0 Å². The third kappa shape index (κ3) is 4.37. The molecule has 0 bridgehead atoms. The van der Waals surface area contributed by atoms with Crippen LogP contribution in [0, 0.1) is 10.1 Å². The molecule has 1 radical (unpaired) electrons. The average Bonchev–Trinajstić information content (AvgIpc) is 2.68. The fourth-order valence-corrected chi connectivity index (χ4v) is 4.41. The SMILES string of the molecule is O=C(O)C1CC=CCN1S(=O)(=O)c1ccc(-c2ccc([N+](=O)[O-])cc2)cc1.[Re]. The summed E-state index contributed by atoms with van der Waals surface area (Å²) < 4.78 is 26.6. The van der Waals surface area contributed by atoms with Crippen molar-refractivity contribution < 1.29 is 43.7 Å². The maximum atomic E-state index is 12.8. The molecule has 0 fully saturated rings. The van der Waals surface area contributed by atoms with Gasteiger partial charge in [-0.3, -0.25) is 14.9 Å². The molecule has 0 aromatic heterocycles. The summed E-state index contributed by atoms with van der Waals surface area (Å²) in [6.07, 6.45) is 3.40. The van der Waals surface area contributed by atoms with E-state index in [1.165, 1.54) is 24.3 Å². The van der Waals surface area contributed by atoms with Crippen molar-refractivity contribution in [3.05, 3.63) is 70.8 Å². The van der Waals surface area contributed by atoms with Crippen LogP contribution in [0.25, 0.3) is 11.1 Å². The van der Waals surface area contributed by atoms with E-state index in [0.29, 0.717) is 11.1 Å². The van der Waals surface area contributed by atoms with Crippen LogP contribution in [0.15, 0.2) is 65.6 Å². The zero-order chi connectivity index (χ0) is 19.6. The molecule has 10 heteroatoms. The molecule has 2 aromatic rings. The number of carbonyl (C=O) groups is 1. The van der Waals surface area contributed by atoms with E-state index in [9.17, 15) is 28.4 Å². The van der Waals surface area contributed by atoms with Crippen LogP contribution in [0.1, 0.15) is 6.42 Å². The fraction of sp³-hybridized carbons (Fsp3) is 0.167. The molecule has 3 rings (SSSR count). The van der Waals surface area contributed by atoms with Gasteiger partial charge in [-0.25, -0.2) is 8.42 Å². The second-order valence-corrected chi connectivity index (χ2v) is 7.85. The number of hydrogen-bond donors (Lipinski definition) is 1. The predicted octanol–water partition coefficient (Wildman–Crippen LogP) is 2.66. The first-order valence-electron chi connectivity index (χ1n) is 8.05. The number of benzene rings is 2. The van der Waals surface area contributed by atoms with Gasteiger partial charge in [0.15, 0.2) is 0 Å². The Bertz CT molecular complexity index is 1000. The number of nitrogens with zero attached hydrogens (tertiary/aromatic N) is 2. The zero-order valence-electron chi connectivity index (χ0n) is 14.4. The van der Waals surface area contributed by atoms with Crippen LogP contribution in [-0.2, 0) is 35.2 Å². The molecule has 1 aliphatic rings. The molecule has 1 atom stereocenters. The molecule has 1 aliphatic heterocycles. The summed E-state index contributed by atoms with van der Waals surface area (Å²) in [5.41, 5.74) is 1.36. The van der Waals surface area contributed by atoms with Gasteiger partial charge in [0, 0.05) is 39.1 Å². The Kier molecular flexibility index (Phi) is 6.85. The minimum Gasteiger partial charge on any atom is -0.480 e. The molecular formula is C18H16N2O6ReS. The molecule has 28 heavy (non-hydrogen) atoms. The summed E-state index contributed by atoms with van der Waals surface area (Å²) in [6.45, 7) is 0.00338. The number of aliphatic carboxylic acids is 1. The summed E-state index contributed by atoms with van der Waals surface area (Å²) in [4.78, 5) is 21.6. The van der Waals surface area contributed by atoms with Crippen molar-refractivity contribution in [1.29, 1.82) is 0 Å². The van der Waals surface area contributed by atoms with E-state index < -0.39 is 27.0 Å². The van der Waals surface area contributed by atoms with Gasteiger partial charge < -0.3 is 5.11 Å². The smallest absolute Gasteiger partial charge is 0.322 e. The molecule has 8 nitrogen and oxygen atoms in total. The van der Waals surface area contributed by atoms with Gasteiger partial charge in [-0.05, 0) is 41.8 Å². The first kappa shape index (κ1) is 21.9. The minimum absolute atomic E-state index is 0. The van der Waals surface area contributed by atoms with Crippen LogP contribution in [0.5, 0.6) is 0 Å². The number of nitro benzene ring substituents is 1. The van der Waals surface area contributed by atoms with E-state index in [1.54, 1.807) is 36.4 Å². The molecule has 0 saturated carbocycles. The van der Waals surface area contributed by atoms with Gasteiger partial charge in [-0.15, -0.1) is 0 Å². The summed E-state index contributed by atoms with van der Waals surface area (Å²) in [6, 6.07) is 10.8. The number of sulfonamides is 1. The molecule has 0 spiro atoms. The number of carboxylic acid groups (broad SMARTS) is 1. The zero-order valence-corrected chi connectivity index (χ0v) is 18.0. The maximum Gasteiger partial charge on any atom is 0.322 e. The van der Waals surface area contributed by atoms with Crippen molar-refractivity contribution in [2.45, 2.75) is 17.4 Å². The van der Waals surface area contributed by atoms with Crippen LogP contribution in [0.4, 0.5) is 5.69 Å². The van der Waals surface area contributed by atoms with Gasteiger partial charge in [-0.2, -0.15) is 4.31 Å². The summed E-state index contributed by atoms with van der Waals surface area (Å²) in [7, 11) is -3.96. The predicted molar refractivity (Wildman–Crippen MR) is 97.6 cm³/mol. The largest absolute Gasteiger partial charge is 0.480 e. The molecule has 2 aromatic carbocycles. The van der Waals surface area contributed by atoms with E-state index in [2.05, 4.69) is 0 Å². The van der Waals surface area contributed by atoms with Gasteiger partial charge in [0.05, 0.1) is 9.82 Å². The molecule has 1 unspecified atom stereocenters. The Labute approximate surface area is 175 Å². The van der Waals surface area contributed by atoms with Crippen molar-refractivity contribution in [3.8, 4) is 11.1 Å². The summed E-state index contributed by atoms with van der Waals surface area (Å²) in [5, 5.41) is 20.0. The van der Waals surface area contributed by atoms with Crippen molar-refractivity contribution in [1.82, 2.24) is 4.31 Å². The molecule has 0 aliphatic carbocycles. The Hall–Kier alpha value is -2.38. The van der Waals surface area contributed by atoms with Crippen molar-refractivity contribution in [2.24, 2.45) is 0 Å². The van der Waals surface area contributed by atoms with Gasteiger partial charge in [-0.1, -0.05) is 24.3 Å². The maximum absolute atomic E-state index is 12.8. The third-order valence-corrected chi connectivity index (χ3v) is 6.21. The van der Waals surface area contributed by atoms with Gasteiger partial charge in [0.2, 0.25) is 10.0 Å². The Morgan fingerprint density at radius 1 is 1.04 bits per heavy atom. The fourth-order valence-electron chi connectivity index (χ4n) is 2.87. The van der Waals surface area contributed by atoms with Gasteiger partial charge in [0.25, 0.3) is 5.69 Å². The first-order valence-corrected chi connectivity index (χ1v) is 9.49. The molecule has 1 heterocycles. The second kappa shape index (κ2) is 8.75. The average molecular weight is 575 g/mol. The Morgan fingerprint density at radius 3 is 2.07 bits per heavy atom. The number of hydrogen-bond acceptors (Lipinski definition) is 5. The number of non-ortho nitro benzene ring substituents is 1. The van der Waals surface area contributed by atoms with Crippen molar-refractivity contribution in [3.63, 3.8) is 0 Å². The third-order valence-electron chi connectivity index (χ3n) is 4.32. The molecule has 0 amide bonds. The summed E-state index contributed by atoms with van der Waals surface area (Å²) >= 11 is 0. The van der Waals surface area contributed by atoms with E-state index in [4.69, 9.17) is 0 Å². The van der Waals surface area contributed by atoms with Crippen molar-refractivity contribution in [2.75, 3.05) is 6.54 Å². The quantitative estimate of drug-likeness (QED) is 0.333. The second-order valence-electron chi connectivity index (χ2n) is 5.96. The number of rotatable bonds is 5.